The maximum absolute atomic E-state index is 12.8. The first-order chi connectivity index (χ1) is 12.0. The van der Waals surface area contributed by atoms with E-state index < -0.39 is 10.0 Å². The van der Waals surface area contributed by atoms with Crippen LogP contribution in [0.1, 0.15) is 0 Å². The number of benzene rings is 1. The summed E-state index contributed by atoms with van der Waals surface area (Å²) in [6.07, 6.45) is 4.74. The highest BCUT2D eigenvalue weighted by atomic mass is 32.2. The highest BCUT2D eigenvalue weighted by molar-refractivity contribution is 7.92. The van der Waals surface area contributed by atoms with Gasteiger partial charge in [0.2, 0.25) is 0 Å². The van der Waals surface area contributed by atoms with Gasteiger partial charge in [0.05, 0.1) is 26.1 Å². The second kappa shape index (κ2) is 7.08. The zero-order valence-electron chi connectivity index (χ0n) is 13.5. The monoisotopic (exact) mass is 377 g/mol. The lowest BCUT2D eigenvalue weighted by Crippen LogP contribution is -2.14. The van der Waals surface area contributed by atoms with E-state index in [9.17, 15) is 8.42 Å². The molecule has 1 aromatic carbocycles. The maximum Gasteiger partial charge on any atom is 0.265 e. The molecular weight excluding hydrogens is 362 g/mol. The Hall–Kier alpha value is -2.65. The van der Waals surface area contributed by atoms with E-state index in [4.69, 9.17) is 9.47 Å². The van der Waals surface area contributed by atoms with Gasteiger partial charge in [0.1, 0.15) is 21.4 Å². The molecule has 0 unspecified atom stereocenters. The molecule has 130 valence electrons. The summed E-state index contributed by atoms with van der Waals surface area (Å²) in [7, 11) is -1.01. The Morgan fingerprint density at radius 1 is 1.12 bits per heavy atom. The van der Waals surface area contributed by atoms with E-state index >= 15 is 0 Å². The Kier molecular flexibility index (Phi) is 4.86. The largest absolute Gasteiger partial charge is 0.497 e. The molecule has 0 fully saturated rings. The average molecular weight is 377 g/mol. The second-order valence-electron chi connectivity index (χ2n) is 4.92. The fourth-order valence-corrected chi connectivity index (χ4v) is 4.02. The van der Waals surface area contributed by atoms with Crippen LogP contribution in [0.4, 0.5) is 5.69 Å². The van der Waals surface area contributed by atoms with E-state index in [-0.39, 0.29) is 10.6 Å². The summed E-state index contributed by atoms with van der Waals surface area (Å²) in [4.78, 5) is 8.26. The van der Waals surface area contributed by atoms with Crippen molar-refractivity contribution < 1.29 is 17.9 Å². The number of hydrogen-bond acceptors (Lipinski definition) is 7. The minimum Gasteiger partial charge on any atom is -0.497 e. The van der Waals surface area contributed by atoms with Crippen molar-refractivity contribution >= 4 is 27.0 Å². The van der Waals surface area contributed by atoms with Gasteiger partial charge < -0.3 is 9.47 Å². The smallest absolute Gasteiger partial charge is 0.265 e. The highest BCUT2D eigenvalue weighted by Crippen LogP contribution is 2.30. The Labute approximate surface area is 149 Å². The molecule has 0 amide bonds. The van der Waals surface area contributed by atoms with Crippen LogP contribution in [0.2, 0.25) is 0 Å². The molecule has 3 rings (SSSR count). The van der Waals surface area contributed by atoms with Crippen LogP contribution in [0.5, 0.6) is 11.5 Å². The number of nitrogens with one attached hydrogen (secondary N) is 1. The van der Waals surface area contributed by atoms with E-state index in [1.54, 1.807) is 24.5 Å². The van der Waals surface area contributed by atoms with Crippen LogP contribution < -0.4 is 14.2 Å². The third-order valence-electron chi connectivity index (χ3n) is 3.33. The lowest BCUT2D eigenvalue weighted by molar-refractivity contribution is 0.392. The van der Waals surface area contributed by atoms with Crippen LogP contribution in [-0.4, -0.2) is 32.6 Å². The first kappa shape index (κ1) is 17.2. The first-order valence-corrected chi connectivity index (χ1v) is 9.49. The van der Waals surface area contributed by atoms with E-state index in [1.807, 2.05) is 5.38 Å². The quantitative estimate of drug-likeness (QED) is 0.710. The van der Waals surface area contributed by atoms with Crippen molar-refractivity contribution in [2.75, 3.05) is 18.9 Å². The fraction of sp³-hybridized carbons (Fsp3) is 0.125. The van der Waals surface area contributed by atoms with Crippen molar-refractivity contribution in [1.82, 2.24) is 9.97 Å². The molecular formula is C16H15N3O4S2. The maximum atomic E-state index is 12.8. The predicted molar refractivity (Wildman–Crippen MR) is 95.7 cm³/mol. The van der Waals surface area contributed by atoms with Gasteiger partial charge in [0.25, 0.3) is 10.0 Å². The summed E-state index contributed by atoms with van der Waals surface area (Å²) in [5.74, 6) is 0.633. The second-order valence-corrected chi connectivity index (χ2v) is 7.47. The lowest BCUT2D eigenvalue weighted by Gasteiger charge is -2.13. The summed E-state index contributed by atoms with van der Waals surface area (Å²) in [5.41, 5.74) is 1.06. The predicted octanol–water partition coefficient (Wildman–Crippen LogP) is 3.02. The zero-order valence-corrected chi connectivity index (χ0v) is 15.1. The number of rotatable bonds is 6. The fourth-order valence-electron chi connectivity index (χ4n) is 2.18. The molecule has 0 atom stereocenters. The van der Waals surface area contributed by atoms with E-state index in [0.717, 1.165) is 10.6 Å². The molecule has 0 aliphatic carbocycles. The van der Waals surface area contributed by atoms with Crippen molar-refractivity contribution in [3.63, 3.8) is 0 Å². The van der Waals surface area contributed by atoms with Crippen LogP contribution in [-0.2, 0) is 10.0 Å². The summed E-state index contributed by atoms with van der Waals surface area (Å²) < 4.78 is 38.3. The Morgan fingerprint density at radius 2 is 1.96 bits per heavy atom. The van der Waals surface area contributed by atoms with Crippen molar-refractivity contribution in [3.8, 4) is 22.1 Å². The molecule has 0 saturated heterocycles. The van der Waals surface area contributed by atoms with Gasteiger partial charge in [0, 0.05) is 29.4 Å². The van der Waals surface area contributed by atoms with Gasteiger partial charge in [-0.25, -0.2) is 13.4 Å². The third-order valence-corrected chi connectivity index (χ3v) is 5.55. The number of anilines is 1. The molecule has 0 radical (unpaired) electrons. The van der Waals surface area contributed by atoms with Gasteiger partial charge >= 0.3 is 0 Å². The minimum atomic E-state index is -3.89. The van der Waals surface area contributed by atoms with Crippen LogP contribution >= 0.6 is 11.3 Å². The number of hydrogen-bond donors (Lipinski definition) is 1. The summed E-state index contributed by atoms with van der Waals surface area (Å²) in [5, 5.41) is 2.60. The lowest BCUT2D eigenvalue weighted by atomic mass is 10.3. The average Bonchev–Trinajstić information content (AvgIpc) is 3.15. The number of ether oxygens (including phenoxy) is 2. The number of pyridine rings is 1. The molecule has 3 aromatic rings. The number of sulfonamides is 1. The van der Waals surface area contributed by atoms with E-state index in [2.05, 4.69) is 14.7 Å². The highest BCUT2D eigenvalue weighted by Gasteiger charge is 2.21. The molecule has 0 aliphatic heterocycles. The van der Waals surface area contributed by atoms with Gasteiger partial charge in [-0.3, -0.25) is 9.71 Å². The van der Waals surface area contributed by atoms with Crippen molar-refractivity contribution in [1.29, 1.82) is 0 Å². The van der Waals surface area contributed by atoms with Crippen molar-refractivity contribution in [2.45, 2.75) is 4.90 Å². The topological polar surface area (TPSA) is 90.4 Å². The standard InChI is InChI=1S/C16H15N3O4S2/c1-22-13-3-4-14(23-2)15(8-13)25(20,21)19-12-7-11(9-17-10-12)16-18-5-6-24-16/h3-10,19H,1-2H3. The molecule has 0 aliphatic rings. The number of nitrogens with zero attached hydrogens (tertiary/aromatic N) is 2. The van der Waals surface area contributed by atoms with Gasteiger partial charge in [-0.15, -0.1) is 11.3 Å². The number of methoxy groups -OCH3 is 2. The first-order valence-electron chi connectivity index (χ1n) is 7.13. The Morgan fingerprint density at radius 3 is 2.64 bits per heavy atom. The molecule has 2 heterocycles. The molecule has 1 N–H and O–H groups in total. The van der Waals surface area contributed by atoms with Gasteiger partial charge in [-0.1, -0.05) is 0 Å². The molecule has 2 aromatic heterocycles. The van der Waals surface area contributed by atoms with Crippen LogP contribution in [0.3, 0.4) is 0 Å². The van der Waals surface area contributed by atoms with Crippen molar-refractivity contribution in [2.24, 2.45) is 0 Å². The molecule has 25 heavy (non-hydrogen) atoms. The Bertz CT molecular complexity index is 973. The van der Waals surface area contributed by atoms with Crippen LogP contribution in [0.25, 0.3) is 10.6 Å². The zero-order chi connectivity index (χ0) is 17.9. The molecule has 0 spiro atoms. The van der Waals surface area contributed by atoms with E-state index in [1.165, 1.54) is 43.9 Å². The molecule has 0 saturated carbocycles. The Balaban J connectivity index is 1.96. The molecule has 9 heteroatoms. The summed E-state index contributed by atoms with van der Waals surface area (Å²) in [6, 6.07) is 6.25. The summed E-state index contributed by atoms with van der Waals surface area (Å²) in [6.45, 7) is 0. The third kappa shape index (κ3) is 3.72. The normalized spacial score (nSPS) is 11.1. The molecule has 7 nitrogen and oxygen atoms in total. The van der Waals surface area contributed by atoms with Gasteiger partial charge in [-0.2, -0.15) is 0 Å². The SMILES string of the molecule is COc1ccc(OC)c(S(=O)(=O)Nc2cncc(-c3nccs3)c2)c1. The van der Waals surface area contributed by atoms with Crippen LogP contribution in [0, 0.1) is 0 Å². The van der Waals surface area contributed by atoms with E-state index in [0.29, 0.717) is 11.4 Å². The minimum absolute atomic E-state index is 0.0194. The van der Waals surface area contributed by atoms with Crippen LogP contribution in [0.15, 0.2) is 53.1 Å². The van der Waals surface area contributed by atoms with Gasteiger partial charge in [0.15, 0.2) is 0 Å². The number of thiazole rings is 1. The summed E-state index contributed by atoms with van der Waals surface area (Å²) >= 11 is 1.45. The van der Waals surface area contributed by atoms with Gasteiger partial charge in [-0.05, 0) is 18.2 Å². The molecule has 0 bridgehead atoms. The number of aromatic nitrogens is 2. The van der Waals surface area contributed by atoms with Crippen molar-refractivity contribution in [3.05, 3.63) is 48.2 Å².